The minimum atomic E-state index is -0.234. The number of hydrogen-bond acceptors (Lipinski definition) is 3. The van der Waals surface area contributed by atoms with E-state index in [-0.39, 0.29) is 11.9 Å². The maximum atomic E-state index is 13.0. The highest BCUT2D eigenvalue weighted by Crippen LogP contribution is 2.27. The zero-order valence-electron chi connectivity index (χ0n) is 12.2. The number of hydrogen-bond donors (Lipinski definition) is 2. The van der Waals surface area contributed by atoms with Gasteiger partial charge in [0.05, 0.1) is 12.6 Å². The van der Waals surface area contributed by atoms with E-state index in [1.54, 1.807) is 12.1 Å². The molecule has 0 heterocycles. The Hall–Kier alpha value is -1.91. The summed E-state index contributed by atoms with van der Waals surface area (Å²) in [6, 6.07) is 14.2. The second kappa shape index (κ2) is 7.76. The fraction of sp³-hybridized carbons (Fsp3) is 0.294. The van der Waals surface area contributed by atoms with Crippen LogP contribution in [0.25, 0.3) is 0 Å². The number of nitrogens with two attached hydrogens (primary N) is 1. The standard InChI is InChI=1S/C17H21FN2O/c1-2-11-21-17-6-4-3-5-15(17)16(20-19)12-13-7-9-14(18)10-8-13/h3-10,16,20H,2,11-12,19H2,1H3. The fourth-order valence-corrected chi connectivity index (χ4v) is 2.23. The van der Waals surface area contributed by atoms with Crippen molar-refractivity contribution in [1.82, 2.24) is 5.43 Å². The average molecular weight is 288 g/mol. The van der Waals surface area contributed by atoms with Crippen molar-refractivity contribution in [3.8, 4) is 5.75 Å². The molecular weight excluding hydrogens is 267 g/mol. The van der Waals surface area contributed by atoms with Crippen LogP contribution in [0.4, 0.5) is 4.39 Å². The van der Waals surface area contributed by atoms with Crippen molar-refractivity contribution >= 4 is 0 Å². The van der Waals surface area contributed by atoms with Crippen molar-refractivity contribution in [3.63, 3.8) is 0 Å². The second-order valence-electron chi connectivity index (χ2n) is 4.94. The summed E-state index contributed by atoms with van der Waals surface area (Å²) < 4.78 is 18.7. The molecule has 0 amide bonds. The molecule has 112 valence electrons. The minimum absolute atomic E-state index is 0.0801. The third-order valence-corrected chi connectivity index (χ3v) is 3.31. The number of ether oxygens (including phenoxy) is 1. The Labute approximate surface area is 124 Å². The molecule has 0 spiro atoms. The lowest BCUT2D eigenvalue weighted by atomic mass is 9.98. The van der Waals surface area contributed by atoms with Crippen LogP contribution in [-0.2, 0) is 6.42 Å². The molecule has 0 aliphatic heterocycles. The van der Waals surface area contributed by atoms with Gasteiger partial charge in [-0.25, -0.2) is 4.39 Å². The van der Waals surface area contributed by atoms with Gasteiger partial charge in [0.15, 0.2) is 0 Å². The normalized spacial score (nSPS) is 12.1. The molecule has 21 heavy (non-hydrogen) atoms. The summed E-state index contributed by atoms with van der Waals surface area (Å²) in [5.41, 5.74) is 4.85. The van der Waals surface area contributed by atoms with Gasteiger partial charge in [0.25, 0.3) is 0 Å². The Bertz CT molecular complexity index is 557. The van der Waals surface area contributed by atoms with Gasteiger partial charge in [-0.3, -0.25) is 11.3 Å². The minimum Gasteiger partial charge on any atom is -0.493 e. The molecule has 0 aliphatic carbocycles. The van der Waals surface area contributed by atoms with Crippen molar-refractivity contribution in [2.45, 2.75) is 25.8 Å². The molecule has 0 radical (unpaired) electrons. The van der Waals surface area contributed by atoms with E-state index in [4.69, 9.17) is 10.6 Å². The van der Waals surface area contributed by atoms with Crippen LogP contribution in [0.1, 0.15) is 30.5 Å². The van der Waals surface area contributed by atoms with Crippen LogP contribution in [-0.4, -0.2) is 6.61 Å². The number of para-hydroxylation sites is 1. The van der Waals surface area contributed by atoms with Gasteiger partial charge in [-0.2, -0.15) is 0 Å². The van der Waals surface area contributed by atoms with Crippen LogP contribution in [0.15, 0.2) is 48.5 Å². The first kappa shape index (κ1) is 15.5. The molecule has 0 fully saturated rings. The molecule has 0 bridgehead atoms. The molecule has 3 N–H and O–H groups in total. The van der Waals surface area contributed by atoms with Crippen molar-refractivity contribution in [2.75, 3.05) is 6.61 Å². The molecule has 2 aromatic carbocycles. The van der Waals surface area contributed by atoms with E-state index in [2.05, 4.69) is 12.3 Å². The van der Waals surface area contributed by atoms with Gasteiger partial charge in [-0.15, -0.1) is 0 Å². The van der Waals surface area contributed by atoms with E-state index in [0.717, 1.165) is 23.3 Å². The first-order valence-corrected chi connectivity index (χ1v) is 7.17. The first-order chi connectivity index (χ1) is 10.2. The van der Waals surface area contributed by atoms with Crippen molar-refractivity contribution in [1.29, 1.82) is 0 Å². The Balaban J connectivity index is 2.18. The van der Waals surface area contributed by atoms with Crippen LogP contribution in [0.3, 0.4) is 0 Å². The van der Waals surface area contributed by atoms with E-state index in [1.807, 2.05) is 24.3 Å². The van der Waals surface area contributed by atoms with E-state index in [0.29, 0.717) is 13.0 Å². The molecule has 0 saturated carbocycles. The summed E-state index contributed by atoms with van der Waals surface area (Å²) in [7, 11) is 0. The Morgan fingerprint density at radius 3 is 2.52 bits per heavy atom. The smallest absolute Gasteiger partial charge is 0.124 e. The van der Waals surface area contributed by atoms with Gasteiger partial charge in [0.1, 0.15) is 11.6 Å². The summed E-state index contributed by atoms with van der Waals surface area (Å²) in [4.78, 5) is 0. The average Bonchev–Trinajstić information content (AvgIpc) is 2.53. The zero-order valence-corrected chi connectivity index (χ0v) is 12.2. The van der Waals surface area contributed by atoms with Gasteiger partial charge in [0.2, 0.25) is 0 Å². The highest BCUT2D eigenvalue weighted by atomic mass is 19.1. The third kappa shape index (κ3) is 4.28. The number of benzene rings is 2. The van der Waals surface area contributed by atoms with Gasteiger partial charge in [0, 0.05) is 5.56 Å². The molecule has 3 nitrogen and oxygen atoms in total. The molecule has 1 unspecified atom stereocenters. The topological polar surface area (TPSA) is 47.3 Å². The second-order valence-corrected chi connectivity index (χ2v) is 4.94. The van der Waals surface area contributed by atoms with E-state index in [9.17, 15) is 4.39 Å². The SMILES string of the molecule is CCCOc1ccccc1C(Cc1ccc(F)cc1)NN. The van der Waals surface area contributed by atoms with Crippen LogP contribution in [0.5, 0.6) is 5.75 Å². The van der Waals surface area contributed by atoms with Crippen LogP contribution < -0.4 is 16.0 Å². The summed E-state index contributed by atoms with van der Waals surface area (Å²) in [5.74, 6) is 6.30. The molecule has 0 aromatic heterocycles. The van der Waals surface area contributed by atoms with Crippen molar-refractivity contribution < 1.29 is 9.13 Å². The van der Waals surface area contributed by atoms with Crippen LogP contribution in [0.2, 0.25) is 0 Å². The van der Waals surface area contributed by atoms with Gasteiger partial charge in [-0.05, 0) is 36.6 Å². The zero-order chi connectivity index (χ0) is 15.1. The predicted octanol–water partition coefficient (Wildman–Crippen LogP) is 3.36. The molecule has 2 aromatic rings. The monoisotopic (exact) mass is 288 g/mol. The lowest BCUT2D eigenvalue weighted by Crippen LogP contribution is -2.30. The number of hydrazine groups is 1. The number of rotatable bonds is 7. The quantitative estimate of drug-likeness (QED) is 0.606. The summed E-state index contributed by atoms with van der Waals surface area (Å²) >= 11 is 0. The molecule has 2 rings (SSSR count). The number of halogens is 1. The largest absolute Gasteiger partial charge is 0.493 e. The third-order valence-electron chi connectivity index (χ3n) is 3.31. The molecule has 4 heteroatoms. The summed E-state index contributed by atoms with van der Waals surface area (Å²) in [6.07, 6.45) is 1.62. The molecular formula is C17H21FN2O. The predicted molar refractivity (Wildman–Crippen MR) is 82.4 cm³/mol. The summed E-state index contributed by atoms with van der Waals surface area (Å²) in [5, 5.41) is 0. The highest BCUT2D eigenvalue weighted by molar-refractivity contribution is 5.37. The highest BCUT2D eigenvalue weighted by Gasteiger charge is 2.15. The van der Waals surface area contributed by atoms with Gasteiger partial charge < -0.3 is 4.74 Å². The van der Waals surface area contributed by atoms with Crippen LogP contribution >= 0.6 is 0 Å². The van der Waals surface area contributed by atoms with Crippen LogP contribution in [0, 0.1) is 5.82 Å². The number of nitrogens with one attached hydrogen (secondary N) is 1. The molecule has 0 saturated heterocycles. The maximum absolute atomic E-state index is 13.0. The maximum Gasteiger partial charge on any atom is 0.124 e. The summed E-state index contributed by atoms with van der Waals surface area (Å²) in [6.45, 7) is 2.74. The van der Waals surface area contributed by atoms with Gasteiger partial charge in [-0.1, -0.05) is 37.3 Å². The van der Waals surface area contributed by atoms with Crippen molar-refractivity contribution in [2.24, 2.45) is 5.84 Å². The molecule has 0 aliphatic rings. The Morgan fingerprint density at radius 1 is 1.14 bits per heavy atom. The lowest BCUT2D eigenvalue weighted by Gasteiger charge is -2.20. The van der Waals surface area contributed by atoms with Gasteiger partial charge >= 0.3 is 0 Å². The Morgan fingerprint density at radius 2 is 1.86 bits per heavy atom. The fourth-order valence-electron chi connectivity index (χ4n) is 2.23. The van der Waals surface area contributed by atoms with E-state index >= 15 is 0 Å². The molecule has 1 atom stereocenters. The Kier molecular flexibility index (Phi) is 5.72. The van der Waals surface area contributed by atoms with Crippen molar-refractivity contribution in [3.05, 3.63) is 65.5 Å². The first-order valence-electron chi connectivity index (χ1n) is 7.17. The van der Waals surface area contributed by atoms with E-state index in [1.165, 1.54) is 12.1 Å². The lowest BCUT2D eigenvalue weighted by molar-refractivity contribution is 0.310. The van der Waals surface area contributed by atoms with E-state index < -0.39 is 0 Å².